The summed E-state index contributed by atoms with van der Waals surface area (Å²) in [6.07, 6.45) is 2.15. The van der Waals surface area contributed by atoms with E-state index in [0.717, 1.165) is 21.5 Å². The molecule has 8 nitrogen and oxygen atoms in total. The first-order valence-electron chi connectivity index (χ1n) is 10.7. The van der Waals surface area contributed by atoms with Gasteiger partial charge in [0.1, 0.15) is 21.3 Å². The molecule has 0 aliphatic carbocycles. The Balaban J connectivity index is 1.52. The molecule has 0 fully saturated rings. The van der Waals surface area contributed by atoms with E-state index in [1.165, 1.54) is 29.3 Å². The highest BCUT2D eigenvalue weighted by atomic mass is 32.1. The van der Waals surface area contributed by atoms with Crippen molar-refractivity contribution in [1.29, 1.82) is 0 Å². The first-order chi connectivity index (χ1) is 15.8. The van der Waals surface area contributed by atoms with Crippen LogP contribution in [0.15, 0.2) is 41.5 Å². The maximum atomic E-state index is 13.3. The molecule has 0 bridgehead atoms. The molecule has 1 aliphatic heterocycles. The van der Waals surface area contributed by atoms with Crippen molar-refractivity contribution in [3.8, 4) is 5.75 Å². The summed E-state index contributed by atoms with van der Waals surface area (Å²) in [5.74, 6) is 0.211. The van der Waals surface area contributed by atoms with E-state index in [4.69, 9.17) is 14.5 Å². The second-order valence-electron chi connectivity index (χ2n) is 8.77. The van der Waals surface area contributed by atoms with Gasteiger partial charge >= 0.3 is 0 Å². The smallest absolute Gasteiger partial charge is 0.272 e. The van der Waals surface area contributed by atoms with E-state index in [1.807, 2.05) is 26.0 Å². The molecule has 1 aromatic carbocycles. The number of para-hydroxylation sites is 2. The molecule has 170 valence electrons. The number of carbonyl (C=O) groups is 1. The summed E-state index contributed by atoms with van der Waals surface area (Å²) in [6.45, 7) is 6.25. The molecule has 33 heavy (non-hydrogen) atoms. The van der Waals surface area contributed by atoms with Crippen LogP contribution in [0.1, 0.15) is 38.1 Å². The molecule has 0 spiro atoms. The molecule has 0 unspecified atom stereocenters. The van der Waals surface area contributed by atoms with E-state index in [0.29, 0.717) is 34.7 Å². The highest BCUT2D eigenvalue weighted by Crippen LogP contribution is 2.34. The Morgan fingerprint density at radius 1 is 1.33 bits per heavy atom. The molecule has 9 heteroatoms. The molecule has 4 aromatic rings. The number of thiophene rings is 1. The maximum absolute atomic E-state index is 13.3. The first kappa shape index (κ1) is 21.5. The minimum absolute atomic E-state index is 0.264. The van der Waals surface area contributed by atoms with E-state index in [1.54, 1.807) is 25.1 Å². The van der Waals surface area contributed by atoms with Crippen LogP contribution in [0.25, 0.3) is 20.4 Å². The predicted molar refractivity (Wildman–Crippen MR) is 128 cm³/mol. The lowest BCUT2D eigenvalue weighted by Crippen LogP contribution is -2.32. The number of benzene rings is 1. The molecule has 0 saturated heterocycles. The topological polar surface area (TPSA) is 95.3 Å². The van der Waals surface area contributed by atoms with Crippen LogP contribution in [0.4, 0.5) is 5.69 Å². The lowest BCUT2D eigenvalue weighted by atomic mass is 9.95. The summed E-state index contributed by atoms with van der Waals surface area (Å²) in [4.78, 5) is 36.4. The zero-order chi connectivity index (χ0) is 23.3. The van der Waals surface area contributed by atoms with Gasteiger partial charge in [0.15, 0.2) is 0 Å². The molecule has 1 atom stereocenters. The average molecular weight is 465 g/mol. The van der Waals surface area contributed by atoms with Crippen LogP contribution >= 0.6 is 11.3 Å². The maximum Gasteiger partial charge on any atom is 0.272 e. The lowest BCUT2D eigenvalue weighted by Gasteiger charge is -2.30. The van der Waals surface area contributed by atoms with Gasteiger partial charge in [0.25, 0.3) is 5.56 Å². The van der Waals surface area contributed by atoms with Crippen LogP contribution in [0, 0.1) is 0 Å². The predicted octanol–water partition coefficient (Wildman–Crippen LogP) is 4.07. The van der Waals surface area contributed by atoms with E-state index in [2.05, 4.69) is 10.3 Å². The van der Waals surface area contributed by atoms with Gasteiger partial charge in [-0.25, -0.2) is 9.97 Å². The Kier molecular flexibility index (Phi) is 5.18. The van der Waals surface area contributed by atoms with Crippen molar-refractivity contribution < 1.29 is 14.3 Å². The van der Waals surface area contributed by atoms with Gasteiger partial charge in [-0.1, -0.05) is 12.1 Å². The third-order valence-corrected chi connectivity index (χ3v) is 7.01. The minimum atomic E-state index is -0.764. The number of pyridine rings is 1. The number of anilines is 1. The van der Waals surface area contributed by atoms with Crippen LogP contribution in [0.5, 0.6) is 5.75 Å². The van der Waals surface area contributed by atoms with Crippen molar-refractivity contribution in [2.24, 2.45) is 0 Å². The number of nitrogens with zero attached hydrogens (tertiary/aromatic N) is 3. The summed E-state index contributed by atoms with van der Waals surface area (Å²) in [6, 6.07) is 8.40. The second kappa shape index (κ2) is 7.93. The number of fused-ring (bicyclic) bond motifs is 4. The van der Waals surface area contributed by atoms with E-state index in [9.17, 15) is 9.59 Å². The van der Waals surface area contributed by atoms with Gasteiger partial charge in [-0.15, -0.1) is 11.3 Å². The summed E-state index contributed by atoms with van der Waals surface area (Å²) in [7, 11) is 1.54. The third kappa shape index (κ3) is 3.77. The molecule has 3 aromatic heterocycles. The molecule has 4 heterocycles. The van der Waals surface area contributed by atoms with Crippen LogP contribution in [-0.2, 0) is 22.6 Å². The van der Waals surface area contributed by atoms with E-state index in [-0.39, 0.29) is 17.1 Å². The number of hydrogen-bond donors (Lipinski definition) is 1. The number of hydrogen-bond acceptors (Lipinski definition) is 7. The van der Waals surface area contributed by atoms with Crippen molar-refractivity contribution in [3.63, 3.8) is 0 Å². The number of nitrogens with one attached hydrogen (secondary N) is 1. The highest BCUT2D eigenvalue weighted by Gasteiger charge is 2.28. The first-order valence-corrected chi connectivity index (χ1v) is 11.5. The van der Waals surface area contributed by atoms with E-state index < -0.39 is 6.04 Å². The van der Waals surface area contributed by atoms with Crippen molar-refractivity contribution >= 4 is 43.4 Å². The molecule has 1 amide bonds. The SMILES string of the molecule is COc1ccccc1NC(=O)[C@@H](C)n1cnc2c(sc3nc4c(cc32)COC(C)(C)C4)c1=O. The standard InChI is InChI=1S/C24H24N4O4S/c1-13(21(29)26-16-7-5-6-8-18(16)31-4)28-12-25-19-15-9-14-11-32-24(2,3)10-17(14)27-22(15)33-20(19)23(28)30/h5-9,12-13H,10-11H2,1-4H3,(H,26,29)/t13-/m1/s1. The Hall–Kier alpha value is -3.30. The van der Waals surface area contributed by atoms with Crippen LogP contribution < -0.4 is 15.6 Å². The molecular weight excluding hydrogens is 440 g/mol. The van der Waals surface area contributed by atoms with Gasteiger partial charge in [0.2, 0.25) is 5.91 Å². The number of methoxy groups -OCH3 is 1. The highest BCUT2D eigenvalue weighted by molar-refractivity contribution is 7.25. The lowest BCUT2D eigenvalue weighted by molar-refractivity contribution is -0.118. The molecule has 0 radical (unpaired) electrons. The molecular formula is C24H24N4O4S. The normalized spacial score (nSPS) is 15.9. The number of aromatic nitrogens is 3. The number of carbonyl (C=O) groups excluding carboxylic acids is 1. The van der Waals surface area contributed by atoms with Gasteiger partial charge in [0.05, 0.1) is 42.5 Å². The quantitative estimate of drug-likeness (QED) is 0.489. The zero-order valence-corrected chi connectivity index (χ0v) is 19.7. The number of amides is 1. The van der Waals surface area contributed by atoms with Gasteiger partial charge < -0.3 is 14.8 Å². The van der Waals surface area contributed by atoms with Crippen LogP contribution in [0.3, 0.4) is 0 Å². The van der Waals surface area contributed by atoms with Crippen molar-refractivity contribution in [2.75, 3.05) is 12.4 Å². The van der Waals surface area contributed by atoms with Crippen molar-refractivity contribution in [1.82, 2.24) is 14.5 Å². The Labute approximate surface area is 194 Å². The second-order valence-corrected chi connectivity index (χ2v) is 9.77. The average Bonchev–Trinajstić information content (AvgIpc) is 3.15. The molecule has 1 N–H and O–H groups in total. The Bertz CT molecular complexity index is 1460. The third-order valence-electron chi connectivity index (χ3n) is 5.94. The zero-order valence-electron chi connectivity index (χ0n) is 18.8. The summed E-state index contributed by atoms with van der Waals surface area (Å²) >= 11 is 1.32. The summed E-state index contributed by atoms with van der Waals surface area (Å²) < 4.78 is 13.1. The monoisotopic (exact) mass is 464 g/mol. The van der Waals surface area contributed by atoms with E-state index >= 15 is 0 Å². The van der Waals surface area contributed by atoms with Crippen molar-refractivity contribution in [2.45, 2.75) is 45.4 Å². The Morgan fingerprint density at radius 2 is 2.12 bits per heavy atom. The van der Waals surface area contributed by atoms with Gasteiger partial charge in [-0.2, -0.15) is 0 Å². The number of ether oxygens (including phenoxy) is 2. The van der Waals surface area contributed by atoms with Crippen molar-refractivity contribution in [3.05, 3.63) is 58.3 Å². The van der Waals surface area contributed by atoms with Crippen LogP contribution in [0.2, 0.25) is 0 Å². The fraction of sp³-hybridized carbons (Fsp3) is 0.333. The Morgan fingerprint density at radius 3 is 2.91 bits per heavy atom. The minimum Gasteiger partial charge on any atom is -0.495 e. The van der Waals surface area contributed by atoms with Crippen LogP contribution in [-0.4, -0.2) is 33.2 Å². The molecule has 0 saturated carbocycles. The summed E-state index contributed by atoms with van der Waals surface area (Å²) in [5.41, 5.74) is 2.64. The fourth-order valence-electron chi connectivity index (χ4n) is 4.04. The summed E-state index contributed by atoms with van der Waals surface area (Å²) in [5, 5.41) is 3.67. The van der Waals surface area contributed by atoms with Gasteiger partial charge in [0, 0.05) is 17.4 Å². The molecule has 1 aliphatic rings. The van der Waals surface area contributed by atoms with Gasteiger partial charge in [-0.3, -0.25) is 14.2 Å². The molecule has 5 rings (SSSR count). The van der Waals surface area contributed by atoms with Gasteiger partial charge in [-0.05, 0) is 39.0 Å². The number of rotatable bonds is 4. The fourth-order valence-corrected chi connectivity index (χ4v) is 5.11. The largest absolute Gasteiger partial charge is 0.495 e.